The van der Waals surface area contributed by atoms with E-state index in [-0.39, 0.29) is 30.2 Å². The van der Waals surface area contributed by atoms with Gasteiger partial charge in [0, 0.05) is 47.9 Å². The van der Waals surface area contributed by atoms with E-state index in [9.17, 15) is 19.5 Å². The minimum atomic E-state index is -0.925. The highest BCUT2D eigenvalue weighted by Crippen LogP contribution is 2.36. The summed E-state index contributed by atoms with van der Waals surface area (Å²) >= 11 is 1.41. The van der Waals surface area contributed by atoms with Gasteiger partial charge in [-0.2, -0.15) is 0 Å². The molecule has 2 aromatic carbocycles. The van der Waals surface area contributed by atoms with E-state index in [0.717, 1.165) is 45.9 Å². The number of hydrogen-bond acceptors (Lipinski definition) is 7. The monoisotopic (exact) mass is 724 g/mol. The maximum absolute atomic E-state index is 14.0. The predicted octanol–water partition coefficient (Wildman–Crippen LogP) is 8.43. The van der Waals surface area contributed by atoms with Crippen LogP contribution in [0.25, 0.3) is 22.5 Å². The van der Waals surface area contributed by atoms with E-state index in [1.54, 1.807) is 11.0 Å². The Morgan fingerprint density at radius 3 is 2.17 bits per heavy atom. The largest absolute Gasteiger partial charge is 0.494 e. The highest BCUT2D eigenvalue weighted by atomic mass is 32.1. The second-order valence-corrected chi connectivity index (χ2v) is 16.6. The van der Waals surface area contributed by atoms with Crippen molar-refractivity contribution in [1.82, 2.24) is 20.2 Å². The Morgan fingerprint density at radius 1 is 0.923 bits per heavy atom. The van der Waals surface area contributed by atoms with E-state index >= 15 is 0 Å². The molecule has 52 heavy (non-hydrogen) atoms. The van der Waals surface area contributed by atoms with Crippen LogP contribution in [0, 0.1) is 11.3 Å². The number of thiophene rings is 1. The number of carbonyl (C=O) groups excluding carboxylic acids is 2. The fourth-order valence-electron chi connectivity index (χ4n) is 6.52. The summed E-state index contributed by atoms with van der Waals surface area (Å²) < 4.78 is 5.90. The third-order valence-electron chi connectivity index (χ3n) is 9.73. The summed E-state index contributed by atoms with van der Waals surface area (Å²) in [4.78, 5) is 51.9. The van der Waals surface area contributed by atoms with Crippen molar-refractivity contribution < 1.29 is 24.2 Å². The molecule has 0 aliphatic carbocycles. The molecule has 5 rings (SSSR count). The van der Waals surface area contributed by atoms with E-state index in [4.69, 9.17) is 4.74 Å². The molecule has 1 fully saturated rings. The van der Waals surface area contributed by atoms with Crippen LogP contribution in [0.3, 0.4) is 0 Å². The molecule has 2 amide bonds. The fourth-order valence-corrected chi connectivity index (χ4v) is 7.49. The predicted molar refractivity (Wildman–Crippen MR) is 207 cm³/mol. The first-order valence-electron chi connectivity index (χ1n) is 18.3. The van der Waals surface area contributed by atoms with Gasteiger partial charge in [0.05, 0.1) is 17.4 Å². The van der Waals surface area contributed by atoms with Crippen molar-refractivity contribution >= 4 is 29.1 Å². The van der Waals surface area contributed by atoms with Crippen LogP contribution in [0.1, 0.15) is 93.8 Å². The van der Waals surface area contributed by atoms with Gasteiger partial charge < -0.3 is 20.1 Å². The smallest absolute Gasteiger partial charge is 0.308 e. The topological polar surface area (TPSA) is 122 Å². The van der Waals surface area contributed by atoms with Crippen LogP contribution < -0.4 is 10.1 Å². The summed E-state index contributed by atoms with van der Waals surface area (Å²) in [7, 11) is 0. The lowest BCUT2D eigenvalue weighted by Crippen LogP contribution is -2.49. The number of nitrogens with one attached hydrogen (secondary N) is 1. The van der Waals surface area contributed by atoms with Crippen molar-refractivity contribution in [1.29, 1.82) is 0 Å². The minimum absolute atomic E-state index is 0.101. The molecule has 1 aliphatic heterocycles. The van der Waals surface area contributed by atoms with Crippen molar-refractivity contribution in [2.45, 2.75) is 91.5 Å². The Kier molecular flexibility index (Phi) is 12.5. The first-order chi connectivity index (χ1) is 24.7. The molecule has 9 nitrogen and oxygen atoms in total. The number of benzene rings is 2. The molecule has 0 bridgehead atoms. The molecule has 2 atom stereocenters. The van der Waals surface area contributed by atoms with Crippen molar-refractivity contribution in [2.24, 2.45) is 11.3 Å². The Balaban J connectivity index is 1.26. The molecule has 276 valence electrons. The zero-order valence-electron chi connectivity index (χ0n) is 31.3. The van der Waals surface area contributed by atoms with Gasteiger partial charge in [-0.15, -0.1) is 11.3 Å². The highest BCUT2D eigenvalue weighted by Gasteiger charge is 2.46. The minimum Gasteiger partial charge on any atom is -0.494 e. The average Bonchev–Trinajstić information content (AvgIpc) is 3.75. The zero-order valence-corrected chi connectivity index (χ0v) is 32.1. The van der Waals surface area contributed by atoms with E-state index in [0.29, 0.717) is 17.2 Å². The fraction of sp³-hybridized carbons (Fsp3) is 0.452. The molecule has 0 saturated carbocycles. The lowest BCUT2D eigenvalue weighted by atomic mass is 9.82. The van der Waals surface area contributed by atoms with Crippen LogP contribution in [0.5, 0.6) is 5.75 Å². The van der Waals surface area contributed by atoms with Crippen LogP contribution in [0.4, 0.5) is 0 Å². The summed E-state index contributed by atoms with van der Waals surface area (Å²) in [6.45, 7) is 13.3. The van der Waals surface area contributed by atoms with Gasteiger partial charge in [0.1, 0.15) is 11.8 Å². The molecule has 0 radical (unpaired) electrons. The molecule has 2 aromatic heterocycles. The van der Waals surface area contributed by atoms with Crippen LogP contribution >= 0.6 is 11.3 Å². The average molecular weight is 725 g/mol. The van der Waals surface area contributed by atoms with E-state index in [1.807, 2.05) is 80.8 Å². The third-order valence-corrected chi connectivity index (χ3v) is 11.2. The zero-order chi connectivity index (χ0) is 37.5. The van der Waals surface area contributed by atoms with Gasteiger partial charge in [-0.25, -0.2) is 9.97 Å². The second kappa shape index (κ2) is 16.8. The molecule has 3 heterocycles. The second-order valence-electron chi connectivity index (χ2n) is 15.5. The SMILES string of the molecule is CCCCCCCOc1ccc(-c2cnc(-c3ccc(C[C@H](NC(=O)c4ccc(C(C)(C)C)s4)C(=O)N4CC(C(=O)O)C(C)(C)C4)cc3)nc2)cc1. The number of unbranched alkanes of at least 4 members (excludes halogenated alkanes) is 4. The molecular weight excluding hydrogens is 673 g/mol. The van der Waals surface area contributed by atoms with Gasteiger partial charge in [0.15, 0.2) is 5.82 Å². The van der Waals surface area contributed by atoms with Crippen molar-refractivity contribution in [3.8, 4) is 28.3 Å². The van der Waals surface area contributed by atoms with Crippen molar-refractivity contribution in [3.05, 3.63) is 88.4 Å². The van der Waals surface area contributed by atoms with Gasteiger partial charge in [0.25, 0.3) is 5.91 Å². The quantitative estimate of drug-likeness (QED) is 0.118. The van der Waals surface area contributed by atoms with Gasteiger partial charge in [-0.05, 0) is 52.6 Å². The first-order valence-corrected chi connectivity index (χ1v) is 19.1. The van der Waals surface area contributed by atoms with Gasteiger partial charge >= 0.3 is 5.97 Å². The number of carbonyl (C=O) groups is 3. The Morgan fingerprint density at radius 2 is 1.58 bits per heavy atom. The Labute approximate surface area is 311 Å². The number of aliphatic carboxylic acids is 1. The number of nitrogens with zero attached hydrogens (tertiary/aromatic N) is 3. The molecular formula is C42H52N4O5S. The van der Waals surface area contributed by atoms with E-state index in [1.165, 1.54) is 37.0 Å². The lowest BCUT2D eigenvalue weighted by molar-refractivity contribution is -0.144. The summed E-state index contributed by atoms with van der Waals surface area (Å²) in [5, 5.41) is 12.8. The van der Waals surface area contributed by atoms with Crippen molar-refractivity contribution in [3.63, 3.8) is 0 Å². The molecule has 4 aromatic rings. The third kappa shape index (κ3) is 9.85. The number of likely N-dealkylation sites (tertiary alicyclic amines) is 1. The number of carboxylic acid groups (broad SMARTS) is 1. The number of aromatic nitrogens is 2. The Hall–Kier alpha value is -4.57. The number of amides is 2. The van der Waals surface area contributed by atoms with Crippen LogP contribution in [-0.2, 0) is 21.4 Å². The molecule has 1 aliphatic rings. The molecule has 1 unspecified atom stereocenters. The molecule has 2 N–H and O–H groups in total. The number of hydrogen-bond donors (Lipinski definition) is 2. The number of rotatable bonds is 15. The summed E-state index contributed by atoms with van der Waals surface area (Å²) in [6.07, 6.45) is 9.88. The highest BCUT2D eigenvalue weighted by molar-refractivity contribution is 7.14. The van der Waals surface area contributed by atoms with Crippen LogP contribution in [-0.4, -0.2) is 63.5 Å². The normalized spacial score (nSPS) is 16.0. The first kappa shape index (κ1) is 38.7. The van der Waals surface area contributed by atoms with E-state index < -0.39 is 23.3 Å². The summed E-state index contributed by atoms with van der Waals surface area (Å²) in [5.41, 5.74) is 2.88. The molecule has 10 heteroatoms. The Bertz CT molecular complexity index is 1810. The van der Waals surface area contributed by atoms with Crippen LogP contribution in [0.15, 0.2) is 73.1 Å². The van der Waals surface area contributed by atoms with Gasteiger partial charge in [0.2, 0.25) is 5.91 Å². The van der Waals surface area contributed by atoms with Gasteiger partial charge in [-0.1, -0.05) is 104 Å². The summed E-state index contributed by atoms with van der Waals surface area (Å²) in [5.74, 6) is -0.791. The summed E-state index contributed by atoms with van der Waals surface area (Å²) in [6, 6.07) is 18.5. The van der Waals surface area contributed by atoms with E-state index in [2.05, 4.69) is 43.0 Å². The lowest BCUT2D eigenvalue weighted by Gasteiger charge is -2.26. The number of carboxylic acids is 1. The van der Waals surface area contributed by atoms with Crippen LogP contribution in [0.2, 0.25) is 0 Å². The molecule has 1 saturated heterocycles. The number of ether oxygens (including phenoxy) is 1. The maximum Gasteiger partial charge on any atom is 0.308 e. The molecule has 0 spiro atoms. The van der Waals surface area contributed by atoms with Gasteiger partial charge in [-0.3, -0.25) is 14.4 Å². The maximum atomic E-state index is 14.0. The van der Waals surface area contributed by atoms with Crippen molar-refractivity contribution in [2.75, 3.05) is 19.7 Å². The standard InChI is InChI=1S/C42H52N4O5S/c1-7-8-9-10-11-22-51-32-18-16-29(17-19-32)31-24-43-37(44-25-31)30-14-12-28(13-15-30)23-34(39(48)46-26-33(40(49)50)42(5,6)27-46)45-38(47)35-20-21-36(52-35)41(2,3)4/h12-21,24-25,33-34H,7-11,22-23,26-27H2,1-6H3,(H,45,47)(H,49,50)/t33?,34-/m0/s1.